The van der Waals surface area contributed by atoms with Gasteiger partial charge in [0.2, 0.25) is 0 Å². The van der Waals surface area contributed by atoms with Crippen LogP contribution >= 0.6 is 23.2 Å². The van der Waals surface area contributed by atoms with E-state index in [1.54, 1.807) is 24.0 Å². The first-order valence-electron chi connectivity index (χ1n) is 15.8. The average Bonchev–Trinajstić information content (AvgIpc) is 3.49. The SMILES string of the molecule is CC#CC(=O)N1CCC(n2nnc3c(N4CC(C)(N(C)C)C4)nc4c(F)c(-c5cccc6cccc(Cl)c56)c(Cl)cc4c32)C[C@H]1CC#N. The number of piperidine rings is 1. The van der Waals surface area contributed by atoms with Gasteiger partial charge in [-0.3, -0.25) is 4.79 Å². The fourth-order valence-corrected chi connectivity index (χ4v) is 7.76. The lowest BCUT2D eigenvalue weighted by Crippen LogP contribution is -2.67. The summed E-state index contributed by atoms with van der Waals surface area (Å²) >= 11 is 13.7. The predicted octanol–water partition coefficient (Wildman–Crippen LogP) is 6.85. The van der Waals surface area contributed by atoms with Gasteiger partial charge in [0.05, 0.1) is 29.1 Å². The van der Waals surface area contributed by atoms with Crippen LogP contribution in [0.3, 0.4) is 0 Å². The zero-order chi connectivity index (χ0) is 33.9. The van der Waals surface area contributed by atoms with Crippen molar-refractivity contribution >= 4 is 67.6 Å². The summed E-state index contributed by atoms with van der Waals surface area (Å²) in [5.74, 6) is 4.97. The maximum atomic E-state index is 17.1. The van der Waals surface area contributed by atoms with Gasteiger partial charge in [-0.05, 0) is 69.8 Å². The normalized spacial score (nSPS) is 19.0. The third kappa shape index (κ3) is 5.11. The van der Waals surface area contributed by atoms with E-state index in [9.17, 15) is 10.1 Å². The Morgan fingerprint density at radius 3 is 2.60 bits per heavy atom. The number of carbonyl (C=O) groups excluding carboxylic acids is 1. The Morgan fingerprint density at radius 1 is 1.15 bits per heavy atom. The van der Waals surface area contributed by atoms with Crippen LogP contribution in [0.1, 0.15) is 39.2 Å². The van der Waals surface area contributed by atoms with Gasteiger partial charge in [-0.25, -0.2) is 14.1 Å². The van der Waals surface area contributed by atoms with E-state index in [1.165, 1.54) is 0 Å². The molecule has 0 aliphatic carbocycles. The molecule has 0 N–H and O–H groups in total. The Balaban J connectivity index is 1.43. The molecule has 1 unspecified atom stereocenters. The maximum Gasteiger partial charge on any atom is 0.298 e. The van der Waals surface area contributed by atoms with E-state index in [4.69, 9.17) is 28.2 Å². The number of rotatable bonds is 5. The number of hydrogen-bond acceptors (Lipinski definition) is 7. The summed E-state index contributed by atoms with van der Waals surface area (Å²) in [6.45, 7) is 5.53. The molecule has 2 aromatic heterocycles. The largest absolute Gasteiger partial charge is 0.351 e. The molecule has 5 aromatic rings. The quantitative estimate of drug-likeness (QED) is 0.187. The van der Waals surface area contributed by atoms with Gasteiger partial charge >= 0.3 is 0 Å². The number of carbonyl (C=O) groups is 1. The molecule has 3 aromatic carbocycles. The minimum atomic E-state index is -0.558. The molecule has 2 saturated heterocycles. The van der Waals surface area contributed by atoms with Gasteiger partial charge in [0, 0.05) is 47.0 Å². The van der Waals surface area contributed by atoms with Crippen molar-refractivity contribution < 1.29 is 9.18 Å². The molecule has 48 heavy (non-hydrogen) atoms. The minimum absolute atomic E-state index is 0.0897. The molecule has 2 aliphatic rings. The number of benzene rings is 3. The fraction of sp³-hybridized carbons (Fsp3) is 0.361. The third-order valence-electron chi connectivity index (χ3n) is 9.99. The lowest BCUT2D eigenvalue weighted by Gasteiger charge is -2.52. The van der Waals surface area contributed by atoms with Gasteiger partial charge in [-0.15, -0.1) is 5.10 Å². The van der Waals surface area contributed by atoms with Crippen molar-refractivity contribution in [3.63, 3.8) is 0 Å². The van der Waals surface area contributed by atoms with E-state index in [1.807, 2.05) is 49.1 Å². The number of anilines is 1. The molecule has 7 rings (SSSR count). The lowest BCUT2D eigenvalue weighted by molar-refractivity contribution is -0.129. The van der Waals surface area contributed by atoms with E-state index in [0.29, 0.717) is 70.7 Å². The van der Waals surface area contributed by atoms with Crippen molar-refractivity contribution in [2.45, 2.75) is 50.7 Å². The first kappa shape index (κ1) is 32.1. The van der Waals surface area contributed by atoms with Crippen LogP contribution in [0.2, 0.25) is 10.0 Å². The topological polar surface area (TPSA) is 94.2 Å². The zero-order valence-corrected chi connectivity index (χ0v) is 28.6. The number of pyridine rings is 1. The van der Waals surface area contributed by atoms with Crippen LogP contribution in [-0.4, -0.2) is 81.0 Å². The number of halogens is 3. The first-order valence-corrected chi connectivity index (χ1v) is 16.6. The maximum absolute atomic E-state index is 17.1. The summed E-state index contributed by atoms with van der Waals surface area (Å²) in [4.78, 5) is 23.7. The minimum Gasteiger partial charge on any atom is -0.351 e. The summed E-state index contributed by atoms with van der Waals surface area (Å²) in [6.07, 6.45) is 1.18. The molecule has 1 amide bonds. The van der Waals surface area contributed by atoms with Gasteiger partial charge in [0.1, 0.15) is 11.0 Å². The van der Waals surface area contributed by atoms with E-state index >= 15 is 4.39 Å². The molecule has 2 aliphatic heterocycles. The average molecular weight is 684 g/mol. The molecule has 0 saturated carbocycles. The highest BCUT2D eigenvalue weighted by atomic mass is 35.5. The van der Waals surface area contributed by atoms with Crippen LogP contribution in [-0.2, 0) is 4.79 Å². The van der Waals surface area contributed by atoms with Gasteiger partial charge < -0.3 is 14.7 Å². The number of fused-ring (bicyclic) bond motifs is 4. The number of aromatic nitrogens is 4. The van der Waals surface area contributed by atoms with Crippen molar-refractivity contribution in [2.75, 3.05) is 38.6 Å². The second kappa shape index (κ2) is 12.2. The Labute approximate surface area is 287 Å². The number of amides is 1. The highest BCUT2D eigenvalue weighted by molar-refractivity contribution is 6.38. The van der Waals surface area contributed by atoms with Crippen molar-refractivity contribution in [1.29, 1.82) is 5.26 Å². The van der Waals surface area contributed by atoms with E-state index in [-0.39, 0.29) is 46.1 Å². The standard InChI is InChI=1S/C36H33Cl2FN8O/c1-5-8-28(48)46-16-14-23(17-22(46)13-15-40)47-34-25-18-27(38)30(24-11-6-9-21-10-7-12-26(37)29(21)24)31(39)32(25)41-35(33(34)42-43-47)45-19-36(2,20-45)44(3)4/h6-7,9-12,18,22-23H,13-14,16-17,19-20H2,1-4H3/t22-,23?/m1/s1. The first-order chi connectivity index (χ1) is 23.1. The summed E-state index contributed by atoms with van der Waals surface area (Å²) in [5, 5.41) is 21.6. The number of likely N-dealkylation sites (N-methyl/N-ethyl adjacent to an activating group) is 1. The van der Waals surface area contributed by atoms with E-state index in [2.05, 4.69) is 44.9 Å². The number of likely N-dealkylation sites (tertiary alicyclic amines) is 1. The molecule has 2 fully saturated rings. The highest BCUT2D eigenvalue weighted by Crippen LogP contribution is 2.45. The molecule has 0 radical (unpaired) electrons. The van der Waals surface area contributed by atoms with Crippen molar-refractivity contribution in [2.24, 2.45) is 0 Å². The Hall–Kier alpha value is -4.48. The summed E-state index contributed by atoms with van der Waals surface area (Å²) in [6, 6.07) is 14.6. The van der Waals surface area contributed by atoms with Crippen LogP contribution in [0.5, 0.6) is 0 Å². The van der Waals surface area contributed by atoms with E-state index < -0.39 is 5.82 Å². The van der Waals surface area contributed by atoms with E-state index in [0.717, 1.165) is 5.39 Å². The predicted molar refractivity (Wildman–Crippen MR) is 188 cm³/mol. The number of nitrogens with zero attached hydrogens (tertiary/aromatic N) is 8. The van der Waals surface area contributed by atoms with Crippen LogP contribution in [0.4, 0.5) is 10.2 Å². The van der Waals surface area contributed by atoms with Crippen LogP contribution < -0.4 is 4.90 Å². The third-order valence-corrected chi connectivity index (χ3v) is 10.6. The zero-order valence-electron chi connectivity index (χ0n) is 27.1. The van der Waals surface area contributed by atoms with Crippen LogP contribution in [0, 0.1) is 29.0 Å². The molecule has 2 atom stereocenters. The molecule has 9 nitrogen and oxygen atoms in total. The van der Waals surface area contributed by atoms with Gasteiger partial charge in [-0.1, -0.05) is 64.7 Å². The lowest BCUT2D eigenvalue weighted by atomic mass is 9.90. The van der Waals surface area contributed by atoms with Gasteiger partial charge in [0.25, 0.3) is 5.91 Å². The molecule has 0 bridgehead atoms. The highest BCUT2D eigenvalue weighted by Gasteiger charge is 2.43. The number of nitriles is 1. The fourth-order valence-electron chi connectivity index (χ4n) is 7.18. The molecule has 12 heteroatoms. The van der Waals surface area contributed by atoms with Crippen LogP contribution in [0.15, 0.2) is 42.5 Å². The summed E-state index contributed by atoms with van der Waals surface area (Å²) in [7, 11) is 4.09. The molecule has 0 spiro atoms. The second-order valence-electron chi connectivity index (χ2n) is 13.1. The Morgan fingerprint density at radius 2 is 1.90 bits per heavy atom. The Kier molecular flexibility index (Phi) is 8.15. The molecule has 4 heterocycles. The van der Waals surface area contributed by atoms with Crippen molar-refractivity contribution in [3.05, 3.63) is 58.3 Å². The monoisotopic (exact) mass is 682 g/mol. The molecule has 244 valence electrons. The molecular formula is C36H33Cl2FN8O. The Bertz CT molecular complexity index is 2220. The molecular weight excluding hydrogens is 650 g/mol. The van der Waals surface area contributed by atoms with Crippen molar-refractivity contribution in [1.82, 2.24) is 29.8 Å². The van der Waals surface area contributed by atoms with Gasteiger partial charge in [-0.2, -0.15) is 5.26 Å². The van der Waals surface area contributed by atoms with Gasteiger partial charge in [0.15, 0.2) is 17.2 Å². The van der Waals surface area contributed by atoms with Crippen molar-refractivity contribution in [3.8, 4) is 29.0 Å². The van der Waals surface area contributed by atoms with Crippen LogP contribution in [0.25, 0.3) is 43.8 Å². The summed E-state index contributed by atoms with van der Waals surface area (Å²) < 4.78 is 19.0. The second-order valence-corrected chi connectivity index (χ2v) is 13.9. The summed E-state index contributed by atoms with van der Waals surface area (Å²) in [5.41, 5.74) is 2.03. The number of hydrogen-bond donors (Lipinski definition) is 0. The smallest absolute Gasteiger partial charge is 0.298 e.